The van der Waals surface area contributed by atoms with Crippen LogP contribution >= 0.6 is 22.6 Å². The van der Waals surface area contributed by atoms with Crippen molar-refractivity contribution >= 4 is 34.7 Å². The summed E-state index contributed by atoms with van der Waals surface area (Å²) in [5, 5.41) is 2.84. The van der Waals surface area contributed by atoms with Gasteiger partial charge < -0.3 is 19.4 Å². The number of imidazole rings is 1. The zero-order valence-corrected chi connectivity index (χ0v) is 21.0. The normalized spacial score (nSPS) is 14.4. The van der Waals surface area contributed by atoms with Gasteiger partial charge in [0.05, 0.1) is 19.1 Å². The molecule has 2 aromatic rings. The number of benzene rings is 1. The van der Waals surface area contributed by atoms with Crippen LogP contribution in [-0.2, 0) is 17.7 Å². The van der Waals surface area contributed by atoms with Gasteiger partial charge in [-0.25, -0.2) is 9.78 Å². The SMILES string of the molecule is CCC(CC[C@@](I)(C(=O)OC)c1cn(-c2ccccc2)cn1)CNC(=O)OC(C)(C)C. The number of carbonyl (C=O) groups excluding carboxylic acids is 2. The number of rotatable bonds is 9. The van der Waals surface area contributed by atoms with Crippen LogP contribution in [0.4, 0.5) is 4.79 Å². The Morgan fingerprint density at radius 2 is 1.90 bits per heavy atom. The number of methoxy groups -OCH3 is 1. The molecule has 0 fully saturated rings. The number of halogens is 1. The van der Waals surface area contributed by atoms with Crippen molar-refractivity contribution in [1.29, 1.82) is 0 Å². The van der Waals surface area contributed by atoms with Gasteiger partial charge in [0.2, 0.25) is 0 Å². The second-order valence-corrected chi connectivity index (χ2v) is 10.3. The minimum absolute atomic E-state index is 0.197. The predicted octanol–water partition coefficient (Wildman–Crippen LogP) is 5.01. The van der Waals surface area contributed by atoms with Crippen LogP contribution in [0.1, 0.15) is 52.7 Å². The number of ether oxygens (including phenoxy) is 2. The van der Waals surface area contributed by atoms with Crippen LogP contribution in [0.2, 0.25) is 0 Å². The molecule has 0 aliphatic rings. The molecule has 1 heterocycles. The Bertz CT molecular complexity index is 863. The highest BCUT2D eigenvalue weighted by atomic mass is 127. The Kier molecular flexibility index (Phi) is 8.90. The first-order chi connectivity index (χ1) is 14.6. The summed E-state index contributed by atoms with van der Waals surface area (Å²) in [5.41, 5.74) is 1.09. The Morgan fingerprint density at radius 1 is 1.23 bits per heavy atom. The maximum absolute atomic E-state index is 12.7. The lowest BCUT2D eigenvalue weighted by molar-refractivity contribution is -0.143. The van der Waals surface area contributed by atoms with Crippen molar-refractivity contribution in [2.24, 2.45) is 5.92 Å². The van der Waals surface area contributed by atoms with E-state index in [-0.39, 0.29) is 11.9 Å². The molecule has 2 rings (SSSR count). The molecule has 1 aromatic carbocycles. The molecule has 0 aliphatic carbocycles. The van der Waals surface area contributed by atoms with Gasteiger partial charge in [-0.05, 0) is 51.7 Å². The van der Waals surface area contributed by atoms with E-state index in [1.165, 1.54) is 7.11 Å². The van der Waals surface area contributed by atoms with Crippen molar-refractivity contribution in [1.82, 2.24) is 14.9 Å². The van der Waals surface area contributed by atoms with Gasteiger partial charge in [0.25, 0.3) is 0 Å². The molecule has 0 saturated heterocycles. The number of aromatic nitrogens is 2. The number of alkyl carbamates (subject to hydrolysis) is 1. The third-order valence-corrected chi connectivity index (χ3v) is 6.49. The lowest BCUT2D eigenvalue weighted by Gasteiger charge is -2.26. The lowest BCUT2D eigenvalue weighted by Crippen LogP contribution is -2.36. The third kappa shape index (κ3) is 7.22. The molecular formula is C23H32IN3O4. The number of alkyl halides is 1. The molecule has 1 amide bonds. The van der Waals surface area contributed by atoms with E-state index < -0.39 is 15.1 Å². The summed E-state index contributed by atoms with van der Waals surface area (Å²) in [6.07, 6.45) is 5.29. The largest absolute Gasteiger partial charge is 0.468 e. The monoisotopic (exact) mass is 541 g/mol. The number of hydrogen-bond donors (Lipinski definition) is 1. The van der Waals surface area contributed by atoms with Crippen molar-refractivity contribution in [3.63, 3.8) is 0 Å². The molecule has 2 atom stereocenters. The number of carbonyl (C=O) groups is 2. The minimum atomic E-state index is -0.911. The summed E-state index contributed by atoms with van der Waals surface area (Å²) >= 11 is 2.15. The Morgan fingerprint density at radius 3 is 2.48 bits per heavy atom. The molecule has 7 nitrogen and oxygen atoms in total. The van der Waals surface area contributed by atoms with E-state index >= 15 is 0 Å². The highest BCUT2D eigenvalue weighted by Gasteiger charge is 2.41. The molecule has 0 spiro atoms. The molecule has 1 unspecified atom stereocenters. The predicted molar refractivity (Wildman–Crippen MR) is 129 cm³/mol. The first-order valence-corrected chi connectivity index (χ1v) is 11.5. The average molecular weight is 541 g/mol. The fourth-order valence-corrected chi connectivity index (χ4v) is 3.97. The summed E-state index contributed by atoms with van der Waals surface area (Å²) in [7, 11) is 1.39. The maximum Gasteiger partial charge on any atom is 0.407 e. The standard InChI is InChI=1S/C23H32IN3O4/c1-6-17(14-25-21(29)31-22(2,3)4)12-13-23(24,20(28)30-5)19-15-27(16-26-19)18-10-8-7-9-11-18/h7-11,15-17H,6,12-14H2,1-5H3,(H,25,29)/t17?,23-/m0/s1. The number of amides is 1. The third-order valence-electron chi connectivity index (χ3n) is 4.96. The van der Waals surface area contributed by atoms with Gasteiger partial charge in [-0.2, -0.15) is 0 Å². The van der Waals surface area contributed by atoms with Crippen LogP contribution in [0.5, 0.6) is 0 Å². The van der Waals surface area contributed by atoms with Crippen molar-refractivity contribution in [2.75, 3.05) is 13.7 Å². The summed E-state index contributed by atoms with van der Waals surface area (Å²) in [6.45, 7) is 8.05. The fraction of sp³-hybridized carbons (Fsp3) is 0.522. The van der Waals surface area contributed by atoms with Crippen molar-refractivity contribution in [2.45, 2.75) is 56.0 Å². The number of nitrogens with zero attached hydrogens (tertiary/aromatic N) is 2. The summed E-state index contributed by atoms with van der Waals surface area (Å²) < 4.78 is 11.4. The molecule has 170 valence electrons. The van der Waals surface area contributed by atoms with Gasteiger partial charge in [0.1, 0.15) is 5.60 Å². The molecule has 1 N–H and O–H groups in total. The van der Waals surface area contributed by atoms with Crippen LogP contribution < -0.4 is 5.32 Å². The van der Waals surface area contributed by atoms with E-state index in [9.17, 15) is 9.59 Å². The van der Waals surface area contributed by atoms with E-state index in [4.69, 9.17) is 9.47 Å². The van der Waals surface area contributed by atoms with E-state index in [1.54, 1.807) is 6.33 Å². The van der Waals surface area contributed by atoms with Gasteiger partial charge in [-0.3, -0.25) is 4.79 Å². The zero-order valence-electron chi connectivity index (χ0n) is 18.9. The molecule has 0 aliphatic heterocycles. The van der Waals surface area contributed by atoms with Crippen molar-refractivity contribution in [3.8, 4) is 5.69 Å². The molecule has 0 bridgehead atoms. The number of esters is 1. The van der Waals surface area contributed by atoms with Gasteiger partial charge in [-0.1, -0.05) is 54.1 Å². The summed E-state index contributed by atoms with van der Waals surface area (Å²) in [4.78, 5) is 29.2. The Labute approximate surface area is 198 Å². The van der Waals surface area contributed by atoms with Gasteiger partial charge in [0.15, 0.2) is 3.42 Å². The lowest BCUT2D eigenvalue weighted by atomic mass is 9.92. The second kappa shape index (κ2) is 11.0. The van der Waals surface area contributed by atoms with Gasteiger partial charge >= 0.3 is 12.1 Å². The van der Waals surface area contributed by atoms with E-state index in [0.29, 0.717) is 18.7 Å². The van der Waals surface area contributed by atoms with E-state index in [1.807, 2.05) is 61.9 Å². The molecular weight excluding hydrogens is 509 g/mol. The van der Waals surface area contributed by atoms with Crippen LogP contribution in [0.15, 0.2) is 42.9 Å². The highest BCUT2D eigenvalue weighted by Crippen LogP contribution is 2.38. The molecule has 1 aromatic heterocycles. The van der Waals surface area contributed by atoms with Crippen molar-refractivity contribution < 1.29 is 19.1 Å². The smallest absolute Gasteiger partial charge is 0.407 e. The maximum atomic E-state index is 12.7. The minimum Gasteiger partial charge on any atom is -0.468 e. The first-order valence-electron chi connectivity index (χ1n) is 10.4. The van der Waals surface area contributed by atoms with Gasteiger partial charge in [-0.15, -0.1) is 0 Å². The first kappa shape index (κ1) is 25.2. The average Bonchev–Trinajstić information content (AvgIpc) is 3.23. The highest BCUT2D eigenvalue weighted by molar-refractivity contribution is 14.1. The Hall–Kier alpha value is -2.10. The zero-order chi connectivity index (χ0) is 23.1. The topological polar surface area (TPSA) is 82.5 Å². The van der Waals surface area contributed by atoms with Crippen LogP contribution in [0, 0.1) is 5.92 Å². The fourth-order valence-electron chi connectivity index (χ4n) is 3.16. The summed E-state index contributed by atoms with van der Waals surface area (Å²) in [5.74, 6) is -0.135. The second-order valence-electron chi connectivity index (χ2n) is 8.49. The van der Waals surface area contributed by atoms with Crippen LogP contribution in [0.25, 0.3) is 5.69 Å². The number of nitrogens with one attached hydrogen (secondary N) is 1. The number of para-hydroxylation sites is 1. The number of hydrogen-bond acceptors (Lipinski definition) is 5. The molecule has 0 radical (unpaired) electrons. The van der Waals surface area contributed by atoms with Crippen LogP contribution in [-0.4, -0.2) is 40.9 Å². The summed E-state index contributed by atoms with van der Waals surface area (Å²) in [6, 6.07) is 9.82. The Balaban J connectivity index is 2.09. The van der Waals surface area contributed by atoms with E-state index in [2.05, 4.69) is 39.8 Å². The molecule has 8 heteroatoms. The quantitative estimate of drug-likeness (QED) is 0.274. The van der Waals surface area contributed by atoms with E-state index in [0.717, 1.165) is 18.5 Å². The van der Waals surface area contributed by atoms with Gasteiger partial charge in [0, 0.05) is 18.4 Å². The van der Waals surface area contributed by atoms with Crippen molar-refractivity contribution in [3.05, 3.63) is 48.5 Å². The molecule has 31 heavy (non-hydrogen) atoms. The molecule has 0 saturated carbocycles. The van der Waals surface area contributed by atoms with Crippen LogP contribution in [0.3, 0.4) is 0 Å².